The second-order valence-electron chi connectivity index (χ2n) is 3.34. The summed E-state index contributed by atoms with van der Waals surface area (Å²) in [6.45, 7) is 4.39. The van der Waals surface area contributed by atoms with Crippen LogP contribution < -0.4 is 0 Å². The van der Waals surface area contributed by atoms with Crippen LogP contribution in [0.5, 0.6) is 0 Å². The lowest BCUT2D eigenvalue weighted by molar-refractivity contribution is 0.979. The molecule has 1 heteroatoms. The van der Waals surface area contributed by atoms with Gasteiger partial charge in [0.15, 0.2) is 0 Å². The minimum atomic E-state index is 0.564. The third-order valence-electron chi connectivity index (χ3n) is 2.46. The highest BCUT2D eigenvalue weighted by molar-refractivity contribution is 9.10. The van der Waals surface area contributed by atoms with Gasteiger partial charge in [-0.1, -0.05) is 41.1 Å². The molecule has 1 atom stereocenters. The van der Waals surface area contributed by atoms with Crippen LogP contribution in [0.2, 0.25) is 0 Å². The molecule has 12 heavy (non-hydrogen) atoms. The van der Waals surface area contributed by atoms with Gasteiger partial charge in [-0.15, -0.1) is 0 Å². The molecule has 0 aromatic heterocycles. The zero-order valence-electron chi connectivity index (χ0n) is 7.26. The van der Waals surface area contributed by atoms with Gasteiger partial charge in [-0.3, -0.25) is 0 Å². The number of benzene rings is 1. The van der Waals surface area contributed by atoms with E-state index in [-0.39, 0.29) is 0 Å². The van der Waals surface area contributed by atoms with E-state index in [1.54, 1.807) is 0 Å². The van der Waals surface area contributed by atoms with Crippen molar-refractivity contribution in [2.45, 2.75) is 19.8 Å². The highest BCUT2D eigenvalue weighted by Crippen LogP contribution is 2.36. The Bertz CT molecular complexity index is 350. The third kappa shape index (κ3) is 1.04. The maximum atomic E-state index is 3.58. The van der Waals surface area contributed by atoms with E-state index in [0.717, 1.165) is 0 Å². The molecule has 0 saturated heterocycles. The Morgan fingerprint density at radius 2 is 2.08 bits per heavy atom. The highest BCUT2D eigenvalue weighted by atomic mass is 79.9. The molecule has 0 saturated carbocycles. The van der Waals surface area contributed by atoms with Crippen molar-refractivity contribution in [2.75, 3.05) is 0 Å². The maximum Gasteiger partial charge on any atom is 0.0219 e. The van der Waals surface area contributed by atoms with Gasteiger partial charge in [0.05, 0.1) is 0 Å². The molecule has 1 aromatic rings. The Balaban J connectivity index is 2.71. The summed E-state index contributed by atoms with van der Waals surface area (Å²) in [6, 6.07) is 4.29. The average Bonchev–Trinajstić information content (AvgIpc) is 2.42. The molecule has 0 N–H and O–H groups in total. The van der Waals surface area contributed by atoms with Crippen LogP contribution in [0.25, 0.3) is 6.08 Å². The lowest BCUT2D eigenvalue weighted by Crippen LogP contribution is -1.91. The second kappa shape index (κ2) is 2.74. The smallest absolute Gasteiger partial charge is 0.0219 e. The van der Waals surface area contributed by atoms with Crippen LogP contribution in [0, 0.1) is 6.92 Å². The van der Waals surface area contributed by atoms with Gasteiger partial charge in [0.2, 0.25) is 0 Å². The van der Waals surface area contributed by atoms with Crippen LogP contribution in [-0.4, -0.2) is 0 Å². The Hall–Kier alpha value is -0.560. The standard InChI is InChI=1S/C11H11Br/c1-7-4-6-10(12)11-8(2)3-5-9(7)11/h3-6,8H,1-2H3. The van der Waals surface area contributed by atoms with Crippen LogP contribution in [0.1, 0.15) is 29.5 Å². The molecule has 1 aliphatic rings. The Morgan fingerprint density at radius 1 is 1.33 bits per heavy atom. The van der Waals surface area contributed by atoms with Crippen LogP contribution >= 0.6 is 15.9 Å². The largest absolute Gasteiger partial charge is 0.0766 e. The predicted molar refractivity (Wildman–Crippen MR) is 56.3 cm³/mol. The molecule has 1 aliphatic carbocycles. The lowest BCUT2D eigenvalue weighted by atomic mass is 9.99. The van der Waals surface area contributed by atoms with E-state index in [1.165, 1.54) is 21.2 Å². The average molecular weight is 223 g/mol. The molecular formula is C11H11Br. The summed E-state index contributed by atoms with van der Waals surface area (Å²) in [5.74, 6) is 0.564. The van der Waals surface area contributed by atoms with E-state index >= 15 is 0 Å². The summed E-state index contributed by atoms with van der Waals surface area (Å²) in [5.41, 5.74) is 4.21. The van der Waals surface area contributed by atoms with Crippen molar-refractivity contribution in [3.8, 4) is 0 Å². The van der Waals surface area contributed by atoms with Gasteiger partial charge < -0.3 is 0 Å². The number of aryl methyl sites for hydroxylation is 1. The van der Waals surface area contributed by atoms with Crippen molar-refractivity contribution in [1.82, 2.24) is 0 Å². The molecule has 0 aliphatic heterocycles. The SMILES string of the molecule is Cc1ccc(Br)c2c1C=CC2C. The Labute approximate surface area is 81.4 Å². The number of rotatable bonds is 0. The number of allylic oxidation sites excluding steroid dienone is 1. The molecule has 0 amide bonds. The molecule has 0 spiro atoms. The minimum Gasteiger partial charge on any atom is -0.0766 e. The van der Waals surface area contributed by atoms with E-state index in [2.05, 4.69) is 54.1 Å². The fourth-order valence-electron chi connectivity index (χ4n) is 1.74. The van der Waals surface area contributed by atoms with E-state index in [0.29, 0.717) is 5.92 Å². The van der Waals surface area contributed by atoms with Crippen LogP contribution in [0.3, 0.4) is 0 Å². The van der Waals surface area contributed by atoms with E-state index in [9.17, 15) is 0 Å². The number of fused-ring (bicyclic) bond motifs is 1. The van der Waals surface area contributed by atoms with Crippen LogP contribution in [-0.2, 0) is 0 Å². The Kier molecular flexibility index (Phi) is 1.84. The first-order valence-corrected chi connectivity index (χ1v) is 4.96. The molecule has 1 unspecified atom stereocenters. The quantitative estimate of drug-likeness (QED) is 0.625. The topological polar surface area (TPSA) is 0 Å². The molecule has 0 fully saturated rings. The molecule has 0 nitrogen and oxygen atoms in total. The minimum absolute atomic E-state index is 0.564. The monoisotopic (exact) mass is 222 g/mol. The molecule has 2 rings (SSSR count). The molecule has 0 radical (unpaired) electrons. The zero-order valence-corrected chi connectivity index (χ0v) is 8.85. The summed E-state index contributed by atoms with van der Waals surface area (Å²) >= 11 is 3.58. The van der Waals surface area contributed by atoms with Crippen molar-refractivity contribution in [1.29, 1.82) is 0 Å². The molecule has 62 valence electrons. The van der Waals surface area contributed by atoms with Gasteiger partial charge in [0.1, 0.15) is 0 Å². The summed E-state index contributed by atoms with van der Waals surface area (Å²) in [7, 11) is 0. The summed E-state index contributed by atoms with van der Waals surface area (Å²) in [4.78, 5) is 0. The van der Waals surface area contributed by atoms with Crippen molar-refractivity contribution in [3.05, 3.63) is 39.4 Å². The van der Waals surface area contributed by atoms with E-state index in [1.807, 2.05) is 0 Å². The van der Waals surface area contributed by atoms with Crippen LogP contribution in [0.4, 0.5) is 0 Å². The van der Waals surface area contributed by atoms with Crippen molar-refractivity contribution in [3.63, 3.8) is 0 Å². The van der Waals surface area contributed by atoms with Crippen molar-refractivity contribution in [2.24, 2.45) is 0 Å². The first-order chi connectivity index (χ1) is 5.70. The van der Waals surface area contributed by atoms with E-state index < -0.39 is 0 Å². The van der Waals surface area contributed by atoms with Crippen molar-refractivity contribution < 1.29 is 0 Å². The van der Waals surface area contributed by atoms with Gasteiger partial charge in [-0.25, -0.2) is 0 Å². The first-order valence-electron chi connectivity index (χ1n) is 4.17. The van der Waals surface area contributed by atoms with E-state index in [4.69, 9.17) is 0 Å². The summed E-state index contributed by atoms with van der Waals surface area (Å²) < 4.78 is 1.24. The molecular weight excluding hydrogens is 212 g/mol. The third-order valence-corrected chi connectivity index (χ3v) is 3.15. The molecule has 1 aromatic carbocycles. The lowest BCUT2D eigenvalue weighted by Gasteiger charge is -2.09. The first kappa shape index (κ1) is 8.06. The van der Waals surface area contributed by atoms with Gasteiger partial charge in [-0.2, -0.15) is 0 Å². The van der Waals surface area contributed by atoms with Crippen molar-refractivity contribution >= 4 is 22.0 Å². The fourth-order valence-corrected chi connectivity index (χ4v) is 2.45. The Morgan fingerprint density at radius 3 is 2.75 bits per heavy atom. The molecule has 0 heterocycles. The second-order valence-corrected chi connectivity index (χ2v) is 4.19. The number of hydrogen-bond acceptors (Lipinski definition) is 0. The predicted octanol–water partition coefficient (Wildman–Crippen LogP) is 3.89. The highest BCUT2D eigenvalue weighted by Gasteiger charge is 2.16. The molecule has 0 bridgehead atoms. The summed E-state index contributed by atoms with van der Waals surface area (Å²) in [6.07, 6.45) is 4.47. The van der Waals surface area contributed by atoms with Crippen LogP contribution in [0.15, 0.2) is 22.7 Å². The number of hydrogen-bond donors (Lipinski definition) is 0. The normalized spacial score (nSPS) is 19.8. The fraction of sp³-hybridized carbons (Fsp3) is 0.273. The van der Waals surface area contributed by atoms with Gasteiger partial charge in [0, 0.05) is 10.4 Å². The zero-order chi connectivity index (χ0) is 8.72. The van der Waals surface area contributed by atoms with Gasteiger partial charge in [-0.05, 0) is 29.7 Å². The van der Waals surface area contributed by atoms with Gasteiger partial charge >= 0.3 is 0 Å². The number of halogens is 1. The van der Waals surface area contributed by atoms with Gasteiger partial charge in [0.25, 0.3) is 0 Å². The summed E-state index contributed by atoms with van der Waals surface area (Å²) in [5, 5.41) is 0. The maximum absolute atomic E-state index is 3.58.